The number of pyridine rings is 1. The van der Waals surface area contributed by atoms with E-state index < -0.39 is 0 Å². The minimum absolute atomic E-state index is 0. The summed E-state index contributed by atoms with van der Waals surface area (Å²) >= 11 is 0. The van der Waals surface area contributed by atoms with Crippen LogP contribution in [0.4, 0.5) is 0 Å². The largest absolute Gasteiger partial charge is 0.489 e. The number of fused-ring (bicyclic) bond motifs is 1. The highest BCUT2D eigenvalue weighted by Gasteiger charge is 2.05. The molecule has 0 saturated carbocycles. The summed E-state index contributed by atoms with van der Waals surface area (Å²) in [6.45, 7) is 8.13. The molecule has 5 nitrogen and oxygen atoms in total. The van der Waals surface area contributed by atoms with Gasteiger partial charge in [-0.05, 0) is 24.4 Å². The third kappa shape index (κ3) is 6.45. The number of rotatable bonds is 8. The molecule has 2 N–H and O–H groups in total. The topological polar surface area (TPSA) is 58.5 Å². The Balaban J connectivity index is 0.00000300. The lowest BCUT2D eigenvalue weighted by Crippen LogP contribution is -2.37. The van der Waals surface area contributed by atoms with E-state index in [9.17, 15) is 0 Å². The molecule has 2 aromatic carbocycles. The SMILES string of the molecule is C=CCOc1ccccc1CN=C(NCC)NCc1nccc2ccccc12.I. The first-order valence-corrected chi connectivity index (χ1v) is 9.48. The van der Waals surface area contributed by atoms with Crippen LogP contribution in [0.3, 0.4) is 0 Å². The van der Waals surface area contributed by atoms with E-state index >= 15 is 0 Å². The molecule has 0 spiro atoms. The summed E-state index contributed by atoms with van der Waals surface area (Å²) < 4.78 is 5.72. The van der Waals surface area contributed by atoms with Gasteiger partial charge < -0.3 is 15.4 Å². The first-order chi connectivity index (χ1) is 13.8. The summed E-state index contributed by atoms with van der Waals surface area (Å²) in [4.78, 5) is 9.24. The second kappa shape index (κ2) is 12.1. The van der Waals surface area contributed by atoms with Crippen LogP contribution >= 0.6 is 24.0 Å². The molecule has 0 aliphatic heterocycles. The molecular weight excluding hydrogens is 475 g/mol. The number of ether oxygens (including phenoxy) is 1. The molecule has 3 aromatic rings. The van der Waals surface area contributed by atoms with E-state index in [1.807, 2.05) is 48.7 Å². The highest BCUT2D eigenvalue weighted by Crippen LogP contribution is 2.19. The normalized spacial score (nSPS) is 10.9. The zero-order chi connectivity index (χ0) is 19.6. The average Bonchev–Trinajstić information content (AvgIpc) is 2.74. The Bertz CT molecular complexity index is 953. The van der Waals surface area contributed by atoms with Crippen molar-refractivity contribution in [2.24, 2.45) is 4.99 Å². The average molecular weight is 502 g/mol. The van der Waals surface area contributed by atoms with Gasteiger partial charge in [0.05, 0.1) is 18.8 Å². The Labute approximate surface area is 189 Å². The molecule has 152 valence electrons. The maximum atomic E-state index is 5.72. The number of benzene rings is 2. The van der Waals surface area contributed by atoms with Crippen LogP contribution in [0.5, 0.6) is 5.75 Å². The van der Waals surface area contributed by atoms with E-state index in [-0.39, 0.29) is 24.0 Å². The van der Waals surface area contributed by atoms with Crippen molar-refractivity contribution in [3.63, 3.8) is 0 Å². The molecule has 0 aliphatic rings. The third-order valence-corrected chi connectivity index (χ3v) is 4.26. The molecule has 29 heavy (non-hydrogen) atoms. The number of para-hydroxylation sites is 1. The molecule has 0 atom stereocenters. The van der Waals surface area contributed by atoms with Gasteiger partial charge in [0.15, 0.2) is 5.96 Å². The van der Waals surface area contributed by atoms with Gasteiger partial charge in [-0.25, -0.2) is 4.99 Å². The molecule has 0 bridgehead atoms. The van der Waals surface area contributed by atoms with E-state index in [2.05, 4.69) is 41.3 Å². The van der Waals surface area contributed by atoms with Crippen LogP contribution in [0, 0.1) is 0 Å². The zero-order valence-corrected chi connectivity index (χ0v) is 18.9. The van der Waals surface area contributed by atoms with Gasteiger partial charge in [0.2, 0.25) is 0 Å². The summed E-state index contributed by atoms with van der Waals surface area (Å²) in [5, 5.41) is 9.00. The molecule has 1 heterocycles. The molecule has 0 fully saturated rings. The van der Waals surface area contributed by atoms with Crippen molar-refractivity contribution in [2.45, 2.75) is 20.0 Å². The first kappa shape index (κ1) is 22.7. The number of halogens is 1. The highest BCUT2D eigenvalue weighted by molar-refractivity contribution is 14.0. The van der Waals surface area contributed by atoms with Gasteiger partial charge in [-0.2, -0.15) is 0 Å². The number of hydrogen-bond donors (Lipinski definition) is 2. The van der Waals surface area contributed by atoms with Gasteiger partial charge >= 0.3 is 0 Å². The molecule has 0 amide bonds. The first-order valence-electron chi connectivity index (χ1n) is 9.48. The number of nitrogens with one attached hydrogen (secondary N) is 2. The number of hydrogen-bond acceptors (Lipinski definition) is 3. The van der Waals surface area contributed by atoms with Crippen LogP contribution in [-0.2, 0) is 13.1 Å². The summed E-state index contributed by atoms with van der Waals surface area (Å²) in [6.07, 6.45) is 3.58. The monoisotopic (exact) mass is 502 g/mol. The van der Waals surface area contributed by atoms with Gasteiger partial charge in [0, 0.05) is 23.7 Å². The summed E-state index contributed by atoms with van der Waals surface area (Å²) in [6, 6.07) is 18.2. The van der Waals surface area contributed by atoms with Gasteiger partial charge in [-0.15, -0.1) is 24.0 Å². The highest BCUT2D eigenvalue weighted by atomic mass is 127. The number of aromatic nitrogens is 1. The Hall–Kier alpha value is -2.61. The predicted octanol–water partition coefficient (Wildman–Crippen LogP) is 4.67. The van der Waals surface area contributed by atoms with E-state index in [0.29, 0.717) is 19.7 Å². The standard InChI is InChI=1S/C23H26N4O.HI/c1-3-15-28-22-12-8-6-10-19(22)16-26-23(24-4-2)27-17-21-20-11-7-5-9-18(20)13-14-25-21;/h3,5-14H,1,4,15-17H2,2H3,(H2,24,26,27);1H. The van der Waals surface area contributed by atoms with E-state index in [4.69, 9.17) is 9.73 Å². The lowest BCUT2D eigenvalue weighted by molar-refractivity contribution is 0.359. The fourth-order valence-corrected chi connectivity index (χ4v) is 2.92. The molecule has 0 unspecified atom stereocenters. The minimum atomic E-state index is 0. The molecule has 1 aromatic heterocycles. The van der Waals surface area contributed by atoms with Gasteiger partial charge in [0.1, 0.15) is 12.4 Å². The summed E-state index contributed by atoms with van der Waals surface area (Å²) in [7, 11) is 0. The van der Waals surface area contributed by atoms with Crippen LogP contribution in [0.1, 0.15) is 18.2 Å². The van der Waals surface area contributed by atoms with Crippen molar-refractivity contribution < 1.29 is 4.74 Å². The fourth-order valence-electron chi connectivity index (χ4n) is 2.92. The van der Waals surface area contributed by atoms with E-state index in [1.165, 1.54) is 5.39 Å². The Kier molecular flexibility index (Phi) is 9.43. The van der Waals surface area contributed by atoms with Crippen molar-refractivity contribution in [3.8, 4) is 5.75 Å². The molecule has 0 radical (unpaired) electrons. The van der Waals surface area contributed by atoms with Crippen LogP contribution in [0.15, 0.2) is 78.4 Å². The molecule has 3 rings (SSSR count). The van der Waals surface area contributed by atoms with Gasteiger partial charge in [-0.3, -0.25) is 4.98 Å². The molecule has 0 aliphatic carbocycles. The molecule has 6 heteroatoms. The smallest absolute Gasteiger partial charge is 0.191 e. The summed E-state index contributed by atoms with van der Waals surface area (Å²) in [5.41, 5.74) is 2.03. The number of guanidine groups is 1. The Morgan fingerprint density at radius 1 is 1.10 bits per heavy atom. The van der Waals surface area contributed by atoms with Crippen molar-refractivity contribution in [2.75, 3.05) is 13.2 Å². The molecule has 0 saturated heterocycles. The minimum Gasteiger partial charge on any atom is -0.489 e. The predicted molar refractivity (Wildman–Crippen MR) is 131 cm³/mol. The maximum Gasteiger partial charge on any atom is 0.191 e. The lowest BCUT2D eigenvalue weighted by Gasteiger charge is -2.13. The van der Waals surface area contributed by atoms with Crippen molar-refractivity contribution in [3.05, 3.63) is 84.7 Å². The van der Waals surface area contributed by atoms with Crippen LogP contribution in [0.2, 0.25) is 0 Å². The zero-order valence-electron chi connectivity index (χ0n) is 16.6. The number of nitrogens with zero attached hydrogens (tertiary/aromatic N) is 2. The molecular formula is C23H27IN4O. The Morgan fingerprint density at radius 3 is 2.72 bits per heavy atom. The van der Waals surface area contributed by atoms with E-state index in [1.54, 1.807) is 6.08 Å². The van der Waals surface area contributed by atoms with Gasteiger partial charge in [-0.1, -0.05) is 55.1 Å². The van der Waals surface area contributed by atoms with Crippen molar-refractivity contribution in [1.82, 2.24) is 15.6 Å². The quantitative estimate of drug-likeness (QED) is 0.204. The second-order valence-electron chi connectivity index (χ2n) is 6.23. The summed E-state index contributed by atoms with van der Waals surface area (Å²) in [5.74, 6) is 1.58. The second-order valence-corrected chi connectivity index (χ2v) is 6.23. The van der Waals surface area contributed by atoms with E-state index in [0.717, 1.165) is 34.9 Å². The Morgan fingerprint density at radius 2 is 1.90 bits per heavy atom. The van der Waals surface area contributed by atoms with Crippen molar-refractivity contribution in [1.29, 1.82) is 0 Å². The van der Waals surface area contributed by atoms with Crippen LogP contribution in [0.25, 0.3) is 10.8 Å². The third-order valence-electron chi connectivity index (χ3n) is 4.26. The van der Waals surface area contributed by atoms with Crippen molar-refractivity contribution >= 4 is 40.7 Å². The van der Waals surface area contributed by atoms with Crippen LogP contribution in [-0.4, -0.2) is 24.1 Å². The van der Waals surface area contributed by atoms with Crippen LogP contribution < -0.4 is 15.4 Å². The number of aliphatic imine (C=N–C) groups is 1. The fraction of sp³-hybridized carbons (Fsp3) is 0.217. The maximum absolute atomic E-state index is 5.72. The van der Waals surface area contributed by atoms with Gasteiger partial charge in [0.25, 0.3) is 0 Å². The lowest BCUT2D eigenvalue weighted by atomic mass is 10.1.